The first-order valence-corrected chi connectivity index (χ1v) is 6.58. The Morgan fingerprint density at radius 3 is 2.38 bits per heavy atom. The van der Waals surface area contributed by atoms with Crippen LogP contribution in [0.5, 0.6) is 0 Å². The molecular formula is C13H25NO2. The van der Waals surface area contributed by atoms with E-state index in [0.717, 1.165) is 19.4 Å². The number of rotatable bonds is 3. The predicted octanol–water partition coefficient (Wildman–Crippen LogP) is 1.65. The number of hydrogen-bond acceptors (Lipinski definition) is 3. The first-order chi connectivity index (χ1) is 7.59. The van der Waals surface area contributed by atoms with E-state index in [4.69, 9.17) is 9.84 Å². The molecule has 0 aliphatic carbocycles. The Bertz CT molecular complexity index is 220. The highest BCUT2D eigenvalue weighted by atomic mass is 16.5. The van der Waals surface area contributed by atoms with Crippen LogP contribution in [-0.4, -0.2) is 48.5 Å². The molecule has 3 heteroatoms. The van der Waals surface area contributed by atoms with Crippen LogP contribution >= 0.6 is 0 Å². The van der Waals surface area contributed by atoms with Crippen LogP contribution in [0.25, 0.3) is 0 Å². The van der Waals surface area contributed by atoms with Crippen LogP contribution < -0.4 is 0 Å². The molecule has 0 aromatic carbocycles. The van der Waals surface area contributed by atoms with Crippen molar-refractivity contribution in [3.63, 3.8) is 0 Å². The number of ether oxygens (including phenoxy) is 1. The summed E-state index contributed by atoms with van der Waals surface area (Å²) in [5.41, 5.74) is 0.528. The topological polar surface area (TPSA) is 32.7 Å². The van der Waals surface area contributed by atoms with Crippen LogP contribution in [0.15, 0.2) is 0 Å². The average Bonchev–Trinajstić information content (AvgIpc) is 2.69. The van der Waals surface area contributed by atoms with Crippen LogP contribution in [0, 0.1) is 5.41 Å². The van der Waals surface area contributed by atoms with Gasteiger partial charge >= 0.3 is 0 Å². The molecular weight excluding hydrogens is 202 g/mol. The number of likely N-dealkylation sites (tertiary alicyclic amines) is 1. The fourth-order valence-electron chi connectivity index (χ4n) is 2.68. The summed E-state index contributed by atoms with van der Waals surface area (Å²) in [4.78, 5) is 2.52. The second-order valence-corrected chi connectivity index (χ2v) is 6.10. The molecule has 0 bridgehead atoms. The summed E-state index contributed by atoms with van der Waals surface area (Å²) in [6.07, 6.45) is 5.20. The largest absolute Gasteiger partial charge is 0.394 e. The molecule has 2 heterocycles. The van der Waals surface area contributed by atoms with Crippen molar-refractivity contribution >= 4 is 0 Å². The molecule has 94 valence electrons. The first-order valence-electron chi connectivity index (χ1n) is 6.58. The normalized spacial score (nSPS) is 35.4. The molecule has 16 heavy (non-hydrogen) atoms. The molecule has 2 atom stereocenters. The highest BCUT2D eigenvalue weighted by molar-refractivity contribution is 4.82. The van der Waals surface area contributed by atoms with Crippen molar-refractivity contribution in [2.24, 2.45) is 5.41 Å². The molecule has 0 radical (unpaired) electrons. The zero-order valence-corrected chi connectivity index (χ0v) is 10.6. The van der Waals surface area contributed by atoms with Gasteiger partial charge in [-0.25, -0.2) is 0 Å². The van der Waals surface area contributed by atoms with Crippen LogP contribution in [0.4, 0.5) is 0 Å². The molecule has 0 saturated carbocycles. The van der Waals surface area contributed by atoms with E-state index in [1.165, 1.54) is 25.9 Å². The maximum atomic E-state index is 9.02. The van der Waals surface area contributed by atoms with Crippen molar-refractivity contribution in [2.75, 3.05) is 26.2 Å². The van der Waals surface area contributed by atoms with Gasteiger partial charge in [-0.3, -0.25) is 0 Å². The molecule has 2 rings (SSSR count). The van der Waals surface area contributed by atoms with Crippen molar-refractivity contribution in [1.29, 1.82) is 0 Å². The lowest BCUT2D eigenvalue weighted by Crippen LogP contribution is -2.41. The quantitative estimate of drug-likeness (QED) is 0.795. The highest BCUT2D eigenvalue weighted by Gasteiger charge is 2.30. The minimum Gasteiger partial charge on any atom is -0.394 e. The monoisotopic (exact) mass is 227 g/mol. The number of hydrogen-bond donors (Lipinski definition) is 1. The number of aliphatic hydroxyl groups excluding tert-OH is 1. The van der Waals surface area contributed by atoms with E-state index in [1.54, 1.807) is 0 Å². The van der Waals surface area contributed by atoms with E-state index >= 15 is 0 Å². The van der Waals surface area contributed by atoms with Crippen molar-refractivity contribution in [2.45, 2.75) is 51.7 Å². The van der Waals surface area contributed by atoms with Gasteiger partial charge in [0, 0.05) is 6.54 Å². The number of aliphatic hydroxyl groups is 1. The molecule has 2 saturated heterocycles. The third-order valence-electron chi connectivity index (χ3n) is 4.07. The van der Waals surface area contributed by atoms with E-state index in [2.05, 4.69) is 18.7 Å². The molecule has 0 unspecified atom stereocenters. The lowest BCUT2D eigenvalue weighted by molar-refractivity contribution is -0.0107. The van der Waals surface area contributed by atoms with Gasteiger partial charge in [-0.1, -0.05) is 13.8 Å². The summed E-state index contributed by atoms with van der Waals surface area (Å²) in [5.74, 6) is 0. The second-order valence-electron chi connectivity index (χ2n) is 6.10. The van der Waals surface area contributed by atoms with Gasteiger partial charge in [0.25, 0.3) is 0 Å². The fourth-order valence-corrected chi connectivity index (χ4v) is 2.68. The second kappa shape index (κ2) is 5.03. The van der Waals surface area contributed by atoms with E-state index in [9.17, 15) is 0 Å². The van der Waals surface area contributed by atoms with Crippen molar-refractivity contribution in [3.05, 3.63) is 0 Å². The molecule has 0 aromatic rings. The van der Waals surface area contributed by atoms with Crippen molar-refractivity contribution in [3.8, 4) is 0 Å². The highest BCUT2D eigenvalue weighted by Crippen LogP contribution is 2.30. The lowest BCUT2D eigenvalue weighted by Gasteiger charge is -2.37. The van der Waals surface area contributed by atoms with Gasteiger partial charge in [0.15, 0.2) is 0 Å². The van der Waals surface area contributed by atoms with E-state index in [1.807, 2.05) is 0 Å². The molecule has 2 aliphatic heterocycles. The van der Waals surface area contributed by atoms with Gasteiger partial charge < -0.3 is 14.7 Å². The third kappa shape index (κ3) is 3.19. The van der Waals surface area contributed by atoms with Crippen LogP contribution in [0.2, 0.25) is 0 Å². The molecule has 0 aromatic heterocycles. The number of piperidine rings is 1. The van der Waals surface area contributed by atoms with E-state index in [-0.39, 0.29) is 12.7 Å². The summed E-state index contributed by atoms with van der Waals surface area (Å²) in [6.45, 7) is 8.37. The molecule has 3 nitrogen and oxygen atoms in total. The minimum atomic E-state index is 0.103. The summed E-state index contributed by atoms with van der Waals surface area (Å²) in [7, 11) is 0. The summed E-state index contributed by atoms with van der Waals surface area (Å²) in [5, 5.41) is 9.02. The Hall–Kier alpha value is -0.120. The number of nitrogens with zero attached hydrogens (tertiary/aromatic N) is 1. The Kier molecular flexibility index (Phi) is 3.88. The molecule has 2 fully saturated rings. The molecule has 1 N–H and O–H groups in total. The van der Waals surface area contributed by atoms with Crippen LogP contribution in [0.3, 0.4) is 0 Å². The van der Waals surface area contributed by atoms with Crippen molar-refractivity contribution in [1.82, 2.24) is 4.90 Å². The summed E-state index contributed by atoms with van der Waals surface area (Å²) >= 11 is 0. The van der Waals surface area contributed by atoms with Gasteiger partial charge in [-0.05, 0) is 44.2 Å². The average molecular weight is 227 g/mol. The standard InChI is InChI=1S/C13H25NO2/c1-13(2)5-7-14(8-6-13)9-11-3-4-12(10-15)16-11/h11-12,15H,3-10H2,1-2H3/t11-,12+/m0/s1. The fraction of sp³-hybridized carbons (Fsp3) is 1.00. The lowest BCUT2D eigenvalue weighted by atomic mass is 9.82. The van der Waals surface area contributed by atoms with Gasteiger partial charge in [0.2, 0.25) is 0 Å². The van der Waals surface area contributed by atoms with Crippen LogP contribution in [-0.2, 0) is 4.74 Å². The van der Waals surface area contributed by atoms with Crippen LogP contribution in [0.1, 0.15) is 39.5 Å². The maximum Gasteiger partial charge on any atom is 0.0811 e. The molecule has 0 spiro atoms. The minimum absolute atomic E-state index is 0.103. The maximum absolute atomic E-state index is 9.02. The Morgan fingerprint density at radius 1 is 1.19 bits per heavy atom. The zero-order valence-electron chi connectivity index (χ0n) is 10.6. The molecule has 2 aliphatic rings. The van der Waals surface area contributed by atoms with Gasteiger partial charge in [0.1, 0.15) is 0 Å². The Morgan fingerprint density at radius 2 is 1.81 bits per heavy atom. The van der Waals surface area contributed by atoms with E-state index in [0.29, 0.717) is 11.5 Å². The van der Waals surface area contributed by atoms with Gasteiger partial charge in [-0.15, -0.1) is 0 Å². The van der Waals surface area contributed by atoms with E-state index < -0.39 is 0 Å². The smallest absolute Gasteiger partial charge is 0.0811 e. The summed E-state index contributed by atoms with van der Waals surface area (Å²) in [6, 6.07) is 0. The van der Waals surface area contributed by atoms with Crippen molar-refractivity contribution < 1.29 is 9.84 Å². The zero-order chi connectivity index (χ0) is 11.6. The van der Waals surface area contributed by atoms with Gasteiger partial charge in [0.05, 0.1) is 18.8 Å². The summed E-state index contributed by atoms with van der Waals surface area (Å²) < 4.78 is 5.77. The first kappa shape index (κ1) is 12.3. The third-order valence-corrected chi connectivity index (χ3v) is 4.07. The Balaban J connectivity index is 1.71. The van der Waals surface area contributed by atoms with Gasteiger partial charge in [-0.2, -0.15) is 0 Å². The Labute approximate surface area is 98.8 Å². The molecule has 0 amide bonds. The SMILES string of the molecule is CC1(C)CCN(C[C@@H]2CC[C@H](CO)O2)CC1. The predicted molar refractivity (Wildman–Crippen MR) is 64.4 cm³/mol.